The number of aryl methyl sites for hydroxylation is 1. The summed E-state index contributed by atoms with van der Waals surface area (Å²) in [6, 6.07) is 11.8. The molecule has 92 valence electrons. The largest absolute Gasteiger partial charge is 0.294 e. The third-order valence-electron chi connectivity index (χ3n) is 2.69. The highest BCUT2D eigenvalue weighted by atomic mass is 35.5. The smallest absolute Gasteiger partial charge is 0.171 e. The SMILES string of the molecule is Cc1cccc(CC(=O)c2c(F)cccc2Cl)c1. The zero-order valence-corrected chi connectivity index (χ0v) is 10.7. The van der Waals surface area contributed by atoms with Crippen molar-refractivity contribution in [3.8, 4) is 0 Å². The third-order valence-corrected chi connectivity index (χ3v) is 3.00. The molecular weight excluding hydrogens is 251 g/mol. The predicted octanol–water partition coefficient (Wildman–Crippen LogP) is 4.21. The first kappa shape index (κ1) is 12.8. The van der Waals surface area contributed by atoms with Crippen molar-refractivity contribution in [2.24, 2.45) is 0 Å². The van der Waals surface area contributed by atoms with Gasteiger partial charge in [-0.05, 0) is 24.6 Å². The number of carbonyl (C=O) groups is 1. The molecule has 18 heavy (non-hydrogen) atoms. The molecule has 0 heterocycles. The normalized spacial score (nSPS) is 10.4. The molecule has 0 atom stereocenters. The highest BCUT2D eigenvalue weighted by Crippen LogP contribution is 2.21. The number of rotatable bonds is 3. The Balaban J connectivity index is 2.28. The fourth-order valence-electron chi connectivity index (χ4n) is 1.86. The van der Waals surface area contributed by atoms with Crippen LogP contribution in [-0.2, 0) is 6.42 Å². The van der Waals surface area contributed by atoms with E-state index in [0.29, 0.717) is 0 Å². The van der Waals surface area contributed by atoms with Crippen LogP contribution in [-0.4, -0.2) is 5.78 Å². The Bertz CT molecular complexity index is 573. The number of Topliss-reactive ketones (excluding diaryl/α,β-unsaturated/α-hetero) is 1. The van der Waals surface area contributed by atoms with Crippen LogP contribution in [0, 0.1) is 12.7 Å². The molecule has 0 N–H and O–H groups in total. The van der Waals surface area contributed by atoms with Gasteiger partial charge in [0.2, 0.25) is 0 Å². The lowest BCUT2D eigenvalue weighted by molar-refractivity contribution is 0.0989. The van der Waals surface area contributed by atoms with Gasteiger partial charge in [0.05, 0.1) is 10.6 Å². The van der Waals surface area contributed by atoms with Gasteiger partial charge in [-0.2, -0.15) is 0 Å². The molecule has 0 fully saturated rings. The van der Waals surface area contributed by atoms with E-state index >= 15 is 0 Å². The average Bonchev–Trinajstić information content (AvgIpc) is 2.28. The molecule has 0 aliphatic rings. The lowest BCUT2D eigenvalue weighted by Gasteiger charge is -2.05. The van der Waals surface area contributed by atoms with Gasteiger partial charge in [-0.3, -0.25) is 4.79 Å². The summed E-state index contributed by atoms with van der Waals surface area (Å²) in [4.78, 5) is 12.0. The highest BCUT2D eigenvalue weighted by Gasteiger charge is 2.15. The molecule has 0 aliphatic heterocycles. The van der Waals surface area contributed by atoms with E-state index in [9.17, 15) is 9.18 Å². The van der Waals surface area contributed by atoms with E-state index in [1.54, 1.807) is 0 Å². The van der Waals surface area contributed by atoms with Crippen LogP contribution < -0.4 is 0 Å². The number of hydrogen-bond acceptors (Lipinski definition) is 1. The number of ketones is 1. The first-order valence-electron chi connectivity index (χ1n) is 5.60. The van der Waals surface area contributed by atoms with E-state index in [1.807, 2.05) is 31.2 Å². The summed E-state index contributed by atoms with van der Waals surface area (Å²) >= 11 is 5.86. The minimum absolute atomic E-state index is 0.0272. The van der Waals surface area contributed by atoms with Crippen molar-refractivity contribution < 1.29 is 9.18 Å². The molecule has 2 aromatic carbocycles. The molecule has 0 aromatic heterocycles. The number of carbonyl (C=O) groups excluding carboxylic acids is 1. The third kappa shape index (κ3) is 2.77. The fourth-order valence-corrected chi connectivity index (χ4v) is 2.13. The van der Waals surface area contributed by atoms with Crippen molar-refractivity contribution in [3.05, 3.63) is 70.0 Å². The minimum atomic E-state index is -0.569. The highest BCUT2D eigenvalue weighted by molar-refractivity contribution is 6.34. The molecule has 2 rings (SSSR count). The van der Waals surface area contributed by atoms with Crippen molar-refractivity contribution in [1.29, 1.82) is 0 Å². The lowest BCUT2D eigenvalue weighted by Crippen LogP contribution is -2.07. The molecule has 0 spiro atoms. The van der Waals surface area contributed by atoms with Crippen LogP contribution in [0.1, 0.15) is 21.5 Å². The van der Waals surface area contributed by atoms with Crippen LogP contribution in [0.25, 0.3) is 0 Å². The van der Waals surface area contributed by atoms with Crippen molar-refractivity contribution in [2.45, 2.75) is 13.3 Å². The van der Waals surface area contributed by atoms with Crippen molar-refractivity contribution in [1.82, 2.24) is 0 Å². The average molecular weight is 263 g/mol. The molecule has 0 aliphatic carbocycles. The predicted molar refractivity (Wildman–Crippen MR) is 70.6 cm³/mol. The Kier molecular flexibility index (Phi) is 3.78. The summed E-state index contributed by atoms with van der Waals surface area (Å²) in [5, 5.41) is 0.160. The summed E-state index contributed by atoms with van der Waals surface area (Å²) in [5.41, 5.74) is 1.90. The lowest BCUT2D eigenvalue weighted by atomic mass is 10.0. The monoisotopic (exact) mass is 262 g/mol. The van der Waals surface area contributed by atoms with Gasteiger partial charge in [-0.1, -0.05) is 47.5 Å². The Morgan fingerprint density at radius 1 is 1.22 bits per heavy atom. The minimum Gasteiger partial charge on any atom is -0.294 e. The Hall–Kier alpha value is -1.67. The maximum Gasteiger partial charge on any atom is 0.171 e. The molecule has 3 heteroatoms. The van der Waals surface area contributed by atoms with Crippen LogP contribution >= 0.6 is 11.6 Å². The molecule has 0 bridgehead atoms. The van der Waals surface area contributed by atoms with Crippen LogP contribution in [0.2, 0.25) is 5.02 Å². The Morgan fingerprint density at radius 3 is 2.61 bits per heavy atom. The second-order valence-electron chi connectivity index (χ2n) is 4.19. The van der Waals surface area contributed by atoms with Gasteiger partial charge in [-0.15, -0.1) is 0 Å². The zero-order chi connectivity index (χ0) is 13.1. The van der Waals surface area contributed by atoms with Crippen LogP contribution in [0.15, 0.2) is 42.5 Å². The number of hydrogen-bond donors (Lipinski definition) is 0. The van der Waals surface area contributed by atoms with Crippen molar-refractivity contribution >= 4 is 17.4 Å². The molecule has 1 nitrogen and oxygen atoms in total. The summed E-state index contributed by atoms with van der Waals surface area (Å²) in [7, 11) is 0. The molecule has 0 unspecified atom stereocenters. The maximum absolute atomic E-state index is 13.6. The number of halogens is 2. The second kappa shape index (κ2) is 5.32. The van der Waals surface area contributed by atoms with Crippen LogP contribution in [0.3, 0.4) is 0 Å². The maximum atomic E-state index is 13.6. The first-order chi connectivity index (χ1) is 8.58. The van der Waals surface area contributed by atoms with Crippen LogP contribution in [0.5, 0.6) is 0 Å². The fraction of sp³-hybridized carbons (Fsp3) is 0.133. The zero-order valence-electron chi connectivity index (χ0n) is 9.91. The number of benzene rings is 2. The van der Waals surface area contributed by atoms with E-state index in [4.69, 9.17) is 11.6 Å². The molecule has 0 amide bonds. The van der Waals surface area contributed by atoms with E-state index in [0.717, 1.165) is 11.1 Å². The molecule has 0 saturated carbocycles. The quantitative estimate of drug-likeness (QED) is 0.757. The van der Waals surface area contributed by atoms with Crippen LogP contribution in [0.4, 0.5) is 4.39 Å². The van der Waals surface area contributed by atoms with E-state index in [2.05, 4.69) is 0 Å². The van der Waals surface area contributed by atoms with Gasteiger partial charge in [0.25, 0.3) is 0 Å². The summed E-state index contributed by atoms with van der Waals surface area (Å²) < 4.78 is 13.6. The summed E-state index contributed by atoms with van der Waals surface area (Å²) in [6.45, 7) is 1.95. The first-order valence-corrected chi connectivity index (χ1v) is 5.98. The topological polar surface area (TPSA) is 17.1 Å². The van der Waals surface area contributed by atoms with Gasteiger partial charge in [0, 0.05) is 6.42 Å². The molecule has 0 radical (unpaired) electrons. The molecular formula is C15H12ClFO. The van der Waals surface area contributed by atoms with E-state index in [1.165, 1.54) is 18.2 Å². The molecule has 2 aromatic rings. The summed E-state index contributed by atoms with van der Waals surface area (Å²) in [6.07, 6.45) is 0.155. The van der Waals surface area contributed by atoms with Gasteiger partial charge in [0.15, 0.2) is 5.78 Å². The Morgan fingerprint density at radius 2 is 1.94 bits per heavy atom. The van der Waals surface area contributed by atoms with Crippen molar-refractivity contribution in [3.63, 3.8) is 0 Å². The standard InChI is InChI=1S/C15H12ClFO/c1-10-4-2-5-11(8-10)9-14(18)15-12(16)6-3-7-13(15)17/h2-8H,9H2,1H3. The van der Waals surface area contributed by atoms with Gasteiger partial charge < -0.3 is 0 Å². The van der Waals surface area contributed by atoms with Gasteiger partial charge >= 0.3 is 0 Å². The Labute approximate surface area is 110 Å². The second-order valence-corrected chi connectivity index (χ2v) is 4.59. The summed E-state index contributed by atoms with van der Waals surface area (Å²) in [5.74, 6) is -0.871. The van der Waals surface area contributed by atoms with Crippen molar-refractivity contribution in [2.75, 3.05) is 0 Å². The van der Waals surface area contributed by atoms with E-state index < -0.39 is 5.82 Å². The van der Waals surface area contributed by atoms with Gasteiger partial charge in [0.1, 0.15) is 5.82 Å². The molecule has 0 saturated heterocycles. The van der Waals surface area contributed by atoms with E-state index in [-0.39, 0.29) is 22.8 Å². The van der Waals surface area contributed by atoms with Gasteiger partial charge in [-0.25, -0.2) is 4.39 Å².